The zero-order valence-corrected chi connectivity index (χ0v) is 10.7. The van der Waals surface area contributed by atoms with Crippen LogP contribution in [-0.4, -0.2) is 19.7 Å². The first-order valence-corrected chi connectivity index (χ1v) is 5.68. The summed E-state index contributed by atoms with van der Waals surface area (Å²) in [4.78, 5) is 14.2. The van der Waals surface area contributed by atoms with Crippen molar-refractivity contribution in [2.75, 3.05) is 5.43 Å². The van der Waals surface area contributed by atoms with Crippen molar-refractivity contribution in [3.8, 4) is 0 Å². The number of hydrazine groups is 1. The maximum atomic E-state index is 10.6. The minimum Gasteiger partial charge on any atom is -0.358 e. The highest BCUT2D eigenvalue weighted by atomic mass is 79.9. The van der Waals surface area contributed by atoms with Crippen LogP contribution in [0.4, 0.5) is 11.5 Å². The third-order valence-corrected chi connectivity index (χ3v) is 2.74. The molecule has 0 saturated heterocycles. The third kappa shape index (κ3) is 2.63. The molecule has 0 aliphatic carbocycles. The highest BCUT2D eigenvalue weighted by molar-refractivity contribution is 9.10. The lowest BCUT2D eigenvalue weighted by Crippen LogP contribution is -2.08. The maximum absolute atomic E-state index is 10.6. The molecule has 18 heavy (non-hydrogen) atoms. The summed E-state index contributed by atoms with van der Waals surface area (Å²) in [7, 11) is 0. The van der Waals surface area contributed by atoms with Gasteiger partial charge >= 0.3 is 5.82 Å². The Balaban J connectivity index is 2.23. The molecule has 0 aliphatic rings. The Bertz CT molecular complexity index is 584. The molecule has 0 spiro atoms. The van der Waals surface area contributed by atoms with Gasteiger partial charge in [-0.3, -0.25) is 10.8 Å². The predicted octanol–water partition coefficient (Wildman–Crippen LogP) is 1.28. The number of nitro groups is 1. The summed E-state index contributed by atoms with van der Waals surface area (Å²) in [6.45, 7) is 0.321. The topological polar surface area (TPSA) is 112 Å². The van der Waals surface area contributed by atoms with E-state index >= 15 is 0 Å². The summed E-state index contributed by atoms with van der Waals surface area (Å²) in [6, 6.07) is 3.45. The van der Waals surface area contributed by atoms with Gasteiger partial charge in [0.2, 0.25) is 0 Å². The largest absolute Gasteiger partial charge is 0.404 e. The minimum absolute atomic E-state index is 0.219. The van der Waals surface area contributed by atoms with Gasteiger partial charge in [-0.05, 0) is 33.0 Å². The molecular formula is C9H9BrN6O2. The summed E-state index contributed by atoms with van der Waals surface area (Å²) >= 11 is 3.08. The summed E-state index contributed by atoms with van der Waals surface area (Å²) in [5, 5.41) is 14.5. The number of nitrogens with two attached hydrogens (primary N) is 1. The molecule has 0 saturated carbocycles. The average molecular weight is 313 g/mol. The molecule has 0 amide bonds. The Morgan fingerprint density at radius 1 is 1.61 bits per heavy atom. The molecule has 3 N–H and O–H groups in total. The van der Waals surface area contributed by atoms with Crippen molar-refractivity contribution in [2.45, 2.75) is 6.54 Å². The van der Waals surface area contributed by atoms with Crippen LogP contribution in [0.2, 0.25) is 0 Å². The molecule has 0 aliphatic heterocycles. The second-order valence-corrected chi connectivity index (χ2v) is 4.29. The number of aromatic nitrogens is 3. The quantitative estimate of drug-likeness (QED) is 0.499. The number of nitrogen functional groups attached to an aromatic ring is 1. The SMILES string of the molecule is NNc1ccnc(Cn2cc(Br)c([N+](=O)[O-])n2)c1. The summed E-state index contributed by atoms with van der Waals surface area (Å²) < 4.78 is 1.77. The van der Waals surface area contributed by atoms with E-state index in [9.17, 15) is 10.1 Å². The Kier molecular flexibility index (Phi) is 3.53. The number of nitrogens with one attached hydrogen (secondary N) is 1. The van der Waals surface area contributed by atoms with Crippen molar-refractivity contribution in [2.24, 2.45) is 5.84 Å². The van der Waals surface area contributed by atoms with Gasteiger partial charge in [0.1, 0.15) is 11.0 Å². The van der Waals surface area contributed by atoms with Gasteiger partial charge in [0, 0.05) is 6.20 Å². The lowest BCUT2D eigenvalue weighted by molar-refractivity contribution is -0.390. The van der Waals surface area contributed by atoms with E-state index < -0.39 is 4.92 Å². The molecule has 0 aromatic carbocycles. The standard InChI is InChI=1S/C9H9BrN6O2/c10-8-5-15(14-9(8)16(17)18)4-7-3-6(13-11)1-2-12-7/h1-3,5H,4,11H2,(H,12,13). The zero-order valence-electron chi connectivity index (χ0n) is 9.08. The first-order chi connectivity index (χ1) is 8.60. The molecule has 2 aromatic rings. The lowest BCUT2D eigenvalue weighted by Gasteiger charge is -2.01. The number of nitrogens with zero attached hydrogens (tertiary/aromatic N) is 4. The number of hydrogen-bond donors (Lipinski definition) is 2. The fourth-order valence-electron chi connectivity index (χ4n) is 1.41. The number of pyridine rings is 1. The van der Waals surface area contributed by atoms with Crippen LogP contribution in [0.15, 0.2) is 29.0 Å². The highest BCUT2D eigenvalue weighted by Crippen LogP contribution is 2.22. The van der Waals surface area contributed by atoms with E-state index in [0.29, 0.717) is 22.4 Å². The van der Waals surface area contributed by atoms with Gasteiger partial charge < -0.3 is 15.5 Å². The highest BCUT2D eigenvalue weighted by Gasteiger charge is 2.18. The Hall–Kier alpha value is -2.00. The van der Waals surface area contributed by atoms with Crippen molar-refractivity contribution in [1.82, 2.24) is 14.8 Å². The van der Waals surface area contributed by atoms with Gasteiger partial charge in [0.15, 0.2) is 0 Å². The minimum atomic E-state index is -0.550. The van der Waals surface area contributed by atoms with Crippen LogP contribution in [0, 0.1) is 10.1 Å². The molecule has 0 bridgehead atoms. The first kappa shape index (κ1) is 12.5. The second kappa shape index (κ2) is 5.10. The summed E-state index contributed by atoms with van der Waals surface area (Å²) in [5.74, 6) is 5.06. The fourth-order valence-corrected chi connectivity index (χ4v) is 1.87. The fraction of sp³-hybridized carbons (Fsp3) is 0.111. The van der Waals surface area contributed by atoms with E-state index in [1.54, 1.807) is 18.3 Å². The van der Waals surface area contributed by atoms with Crippen LogP contribution in [0.1, 0.15) is 5.69 Å². The van der Waals surface area contributed by atoms with Gasteiger partial charge in [0.05, 0.1) is 22.7 Å². The van der Waals surface area contributed by atoms with E-state index in [1.807, 2.05) is 0 Å². The Morgan fingerprint density at radius 3 is 3.00 bits per heavy atom. The van der Waals surface area contributed by atoms with Gasteiger partial charge in [-0.1, -0.05) is 0 Å². The van der Waals surface area contributed by atoms with Gasteiger partial charge in [-0.25, -0.2) is 0 Å². The number of halogens is 1. The molecule has 0 unspecified atom stereocenters. The molecule has 2 rings (SSSR count). The van der Waals surface area contributed by atoms with Gasteiger partial charge in [-0.15, -0.1) is 0 Å². The molecule has 2 aromatic heterocycles. The smallest absolute Gasteiger partial charge is 0.358 e. The van der Waals surface area contributed by atoms with Crippen LogP contribution >= 0.6 is 15.9 Å². The molecule has 0 radical (unpaired) electrons. The Labute approximate surface area is 110 Å². The van der Waals surface area contributed by atoms with Crippen molar-refractivity contribution in [1.29, 1.82) is 0 Å². The van der Waals surface area contributed by atoms with Crippen LogP contribution in [0.25, 0.3) is 0 Å². The predicted molar refractivity (Wildman–Crippen MR) is 67.7 cm³/mol. The van der Waals surface area contributed by atoms with Crippen LogP contribution in [-0.2, 0) is 6.54 Å². The van der Waals surface area contributed by atoms with Gasteiger partial charge in [-0.2, -0.15) is 4.68 Å². The second-order valence-electron chi connectivity index (χ2n) is 3.44. The number of anilines is 1. The summed E-state index contributed by atoms with van der Waals surface area (Å²) in [5.41, 5.74) is 3.90. The summed E-state index contributed by atoms with van der Waals surface area (Å²) in [6.07, 6.45) is 3.12. The van der Waals surface area contributed by atoms with E-state index in [2.05, 4.69) is 31.4 Å². The maximum Gasteiger partial charge on any atom is 0.404 e. The molecule has 8 nitrogen and oxygen atoms in total. The monoisotopic (exact) mass is 312 g/mol. The van der Waals surface area contributed by atoms with E-state index in [-0.39, 0.29) is 5.82 Å². The Morgan fingerprint density at radius 2 is 2.39 bits per heavy atom. The first-order valence-electron chi connectivity index (χ1n) is 4.89. The van der Waals surface area contributed by atoms with Crippen LogP contribution in [0.3, 0.4) is 0 Å². The molecular weight excluding hydrogens is 304 g/mol. The molecule has 0 atom stereocenters. The van der Waals surface area contributed by atoms with E-state index in [1.165, 1.54) is 10.9 Å². The molecule has 2 heterocycles. The zero-order chi connectivity index (χ0) is 13.1. The van der Waals surface area contributed by atoms with Crippen molar-refractivity contribution >= 4 is 27.4 Å². The van der Waals surface area contributed by atoms with Crippen LogP contribution < -0.4 is 11.3 Å². The third-order valence-electron chi connectivity index (χ3n) is 2.18. The van der Waals surface area contributed by atoms with E-state index in [0.717, 1.165) is 0 Å². The van der Waals surface area contributed by atoms with Crippen molar-refractivity contribution in [3.63, 3.8) is 0 Å². The van der Waals surface area contributed by atoms with Crippen molar-refractivity contribution in [3.05, 3.63) is 44.8 Å². The average Bonchev–Trinajstić information content (AvgIpc) is 2.70. The van der Waals surface area contributed by atoms with E-state index in [4.69, 9.17) is 5.84 Å². The molecule has 9 heteroatoms. The van der Waals surface area contributed by atoms with Gasteiger partial charge in [0.25, 0.3) is 0 Å². The van der Waals surface area contributed by atoms with Crippen LogP contribution in [0.5, 0.6) is 0 Å². The molecule has 0 fully saturated rings. The number of rotatable bonds is 4. The normalized spacial score (nSPS) is 10.3. The lowest BCUT2D eigenvalue weighted by atomic mass is 10.3. The number of hydrogen-bond acceptors (Lipinski definition) is 6. The van der Waals surface area contributed by atoms with Crippen molar-refractivity contribution < 1.29 is 4.92 Å². The molecule has 94 valence electrons.